The summed E-state index contributed by atoms with van der Waals surface area (Å²) in [5, 5.41) is 4.67. The number of hydrogen-bond donors (Lipinski definition) is 1. The quantitative estimate of drug-likeness (QED) is 0.266. The molecule has 0 fully saturated rings. The molecule has 3 aromatic rings. The van der Waals surface area contributed by atoms with Crippen molar-refractivity contribution in [1.82, 2.24) is 5.43 Å². The molecule has 0 aliphatic heterocycles. The Labute approximate surface area is 206 Å². The second kappa shape index (κ2) is 12.3. The minimum atomic E-state index is -0.355. The second-order valence-corrected chi connectivity index (χ2v) is 8.37. The summed E-state index contributed by atoms with van der Waals surface area (Å²) in [7, 11) is 1.57. The summed E-state index contributed by atoms with van der Waals surface area (Å²) in [5.41, 5.74) is 5.22. The van der Waals surface area contributed by atoms with Crippen LogP contribution in [-0.4, -0.2) is 25.8 Å². The molecule has 0 aromatic heterocycles. The fourth-order valence-electron chi connectivity index (χ4n) is 2.94. The number of halogens is 2. The summed E-state index contributed by atoms with van der Waals surface area (Å²) in [6, 6.07) is 18.5. The van der Waals surface area contributed by atoms with Gasteiger partial charge >= 0.3 is 0 Å². The van der Waals surface area contributed by atoms with Crippen molar-refractivity contribution >= 4 is 39.7 Å². The maximum Gasteiger partial charge on any atom is 0.277 e. The number of nitrogens with zero attached hydrogens (tertiary/aromatic N) is 1. The Morgan fingerprint density at radius 2 is 1.79 bits per heavy atom. The minimum absolute atomic E-state index is 0.132. The average Bonchev–Trinajstić information content (AvgIpc) is 2.83. The highest BCUT2D eigenvalue weighted by Crippen LogP contribution is 2.28. The van der Waals surface area contributed by atoms with Crippen LogP contribution in [0.3, 0.4) is 0 Å². The van der Waals surface area contributed by atoms with E-state index in [-0.39, 0.29) is 12.5 Å². The van der Waals surface area contributed by atoms with E-state index < -0.39 is 0 Å². The van der Waals surface area contributed by atoms with Gasteiger partial charge in [0.25, 0.3) is 5.91 Å². The Kier molecular flexibility index (Phi) is 9.15. The molecule has 0 aliphatic rings. The van der Waals surface area contributed by atoms with Crippen molar-refractivity contribution in [3.05, 3.63) is 86.8 Å². The van der Waals surface area contributed by atoms with Crippen LogP contribution in [0.5, 0.6) is 17.2 Å². The van der Waals surface area contributed by atoms with Gasteiger partial charge in [0.1, 0.15) is 12.4 Å². The van der Waals surface area contributed by atoms with Gasteiger partial charge in [-0.15, -0.1) is 0 Å². The van der Waals surface area contributed by atoms with E-state index in [2.05, 4.69) is 26.5 Å². The molecule has 0 spiro atoms. The van der Waals surface area contributed by atoms with Crippen LogP contribution >= 0.6 is 27.5 Å². The summed E-state index contributed by atoms with van der Waals surface area (Å²) < 4.78 is 17.9. The molecule has 33 heavy (non-hydrogen) atoms. The Bertz CT molecular complexity index is 1120. The third kappa shape index (κ3) is 7.51. The lowest BCUT2D eigenvalue weighted by molar-refractivity contribution is -0.123. The van der Waals surface area contributed by atoms with Crippen LogP contribution in [0.1, 0.15) is 23.6 Å². The van der Waals surface area contributed by atoms with Crippen molar-refractivity contribution in [1.29, 1.82) is 0 Å². The molecule has 6 nitrogen and oxygen atoms in total. The molecular weight excluding hydrogens is 508 g/mol. The highest BCUT2D eigenvalue weighted by molar-refractivity contribution is 9.10. The molecule has 0 atom stereocenters. The molecule has 0 bridgehead atoms. The predicted molar refractivity (Wildman–Crippen MR) is 134 cm³/mol. The molecule has 3 aromatic carbocycles. The van der Waals surface area contributed by atoms with E-state index in [9.17, 15) is 4.79 Å². The van der Waals surface area contributed by atoms with Crippen LogP contribution in [0.15, 0.2) is 70.2 Å². The van der Waals surface area contributed by atoms with Crippen LogP contribution < -0.4 is 19.6 Å². The summed E-state index contributed by atoms with van der Waals surface area (Å²) in [6.45, 7) is 2.28. The van der Waals surface area contributed by atoms with Gasteiger partial charge in [-0.25, -0.2) is 5.43 Å². The molecule has 8 heteroatoms. The highest BCUT2D eigenvalue weighted by atomic mass is 79.9. The molecule has 1 N–H and O–H groups in total. The third-order valence-corrected chi connectivity index (χ3v) is 5.41. The van der Waals surface area contributed by atoms with Crippen LogP contribution in [0.25, 0.3) is 0 Å². The Balaban J connectivity index is 1.53. The van der Waals surface area contributed by atoms with Gasteiger partial charge in [0, 0.05) is 9.50 Å². The molecule has 172 valence electrons. The largest absolute Gasteiger partial charge is 0.493 e. The van der Waals surface area contributed by atoms with Crippen molar-refractivity contribution in [3.8, 4) is 17.2 Å². The van der Waals surface area contributed by atoms with Gasteiger partial charge in [0.15, 0.2) is 18.1 Å². The smallest absolute Gasteiger partial charge is 0.277 e. The lowest BCUT2D eigenvalue weighted by Crippen LogP contribution is -2.24. The maximum atomic E-state index is 12.1. The van der Waals surface area contributed by atoms with Gasteiger partial charge in [0.05, 0.1) is 13.3 Å². The van der Waals surface area contributed by atoms with Crippen molar-refractivity contribution < 1.29 is 19.0 Å². The topological polar surface area (TPSA) is 69.2 Å². The van der Waals surface area contributed by atoms with Gasteiger partial charge < -0.3 is 14.2 Å². The zero-order valence-electron chi connectivity index (χ0n) is 18.3. The number of carbonyl (C=O) groups excluding carboxylic acids is 1. The molecule has 0 saturated heterocycles. The van der Waals surface area contributed by atoms with Crippen molar-refractivity contribution in [3.63, 3.8) is 0 Å². The van der Waals surface area contributed by atoms with E-state index in [4.69, 9.17) is 25.8 Å². The molecule has 0 unspecified atom stereocenters. The number of aryl methyl sites for hydroxylation is 1. The number of benzene rings is 3. The van der Waals surface area contributed by atoms with Gasteiger partial charge in [-0.2, -0.15) is 5.10 Å². The Hall–Kier alpha value is -3.03. The Morgan fingerprint density at radius 1 is 1.03 bits per heavy atom. The summed E-state index contributed by atoms with van der Waals surface area (Å²) >= 11 is 9.34. The third-order valence-electron chi connectivity index (χ3n) is 4.66. The number of hydrogen-bond acceptors (Lipinski definition) is 5. The first-order valence-electron chi connectivity index (χ1n) is 10.3. The molecule has 3 rings (SSSR count). The zero-order valence-corrected chi connectivity index (χ0v) is 20.7. The summed E-state index contributed by atoms with van der Waals surface area (Å²) in [4.78, 5) is 12.1. The Morgan fingerprint density at radius 3 is 2.52 bits per heavy atom. The number of carbonyl (C=O) groups is 1. The number of nitrogens with one attached hydrogen (secondary N) is 1. The number of hydrazone groups is 1. The lowest BCUT2D eigenvalue weighted by Gasteiger charge is -2.11. The number of methoxy groups -OCH3 is 1. The minimum Gasteiger partial charge on any atom is -0.493 e. The van der Waals surface area contributed by atoms with Crippen molar-refractivity contribution in [2.45, 2.75) is 20.0 Å². The van der Waals surface area contributed by atoms with Gasteiger partial charge in [-0.1, -0.05) is 46.6 Å². The van der Waals surface area contributed by atoms with E-state index in [1.807, 2.05) is 55.5 Å². The predicted octanol–water partition coefficient (Wildman–Crippen LogP) is 5.78. The highest BCUT2D eigenvalue weighted by Gasteiger charge is 2.08. The number of ether oxygens (including phenoxy) is 3. The van der Waals surface area contributed by atoms with E-state index in [1.165, 1.54) is 6.21 Å². The van der Waals surface area contributed by atoms with Crippen LogP contribution in [0, 0.1) is 0 Å². The number of rotatable bonds is 10. The van der Waals surface area contributed by atoms with Crippen LogP contribution in [0.4, 0.5) is 0 Å². The molecule has 0 heterocycles. The summed E-state index contributed by atoms with van der Waals surface area (Å²) in [5.74, 6) is 1.48. The average molecular weight is 532 g/mol. The monoisotopic (exact) mass is 530 g/mol. The van der Waals surface area contributed by atoms with Crippen LogP contribution in [0.2, 0.25) is 5.02 Å². The van der Waals surface area contributed by atoms with Gasteiger partial charge in [-0.05, 0) is 71.6 Å². The standard InChI is InChI=1S/C25H24BrClN2O4/c1-3-19-13-20(26)7-11-22(19)33-16-25(30)29-28-14-18-6-10-23(24(12-18)31-2)32-15-17-4-8-21(27)9-5-17/h4-14H,3,15-16H2,1-2H3,(H,29,30)/b28-14+. The van der Waals surface area contributed by atoms with Crippen molar-refractivity contribution in [2.24, 2.45) is 5.10 Å². The van der Waals surface area contributed by atoms with E-state index >= 15 is 0 Å². The van der Waals surface area contributed by atoms with Gasteiger partial charge in [0.2, 0.25) is 0 Å². The molecule has 0 radical (unpaired) electrons. The van der Waals surface area contributed by atoms with Gasteiger partial charge in [-0.3, -0.25) is 4.79 Å². The zero-order chi connectivity index (χ0) is 23.6. The second-order valence-electron chi connectivity index (χ2n) is 7.01. The van der Waals surface area contributed by atoms with Crippen LogP contribution in [-0.2, 0) is 17.8 Å². The SMILES string of the molecule is CCc1cc(Br)ccc1OCC(=O)N/N=C/c1ccc(OCc2ccc(Cl)cc2)c(OC)c1. The van der Waals surface area contributed by atoms with E-state index in [0.29, 0.717) is 28.9 Å². The van der Waals surface area contributed by atoms with E-state index in [0.717, 1.165) is 27.6 Å². The fraction of sp³-hybridized carbons (Fsp3) is 0.200. The molecule has 0 aliphatic carbocycles. The summed E-state index contributed by atoms with van der Waals surface area (Å²) in [6.07, 6.45) is 2.33. The van der Waals surface area contributed by atoms with E-state index in [1.54, 1.807) is 19.2 Å². The fourth-order valence-corrected chi connectivity index (χ4v) is 3.48. The molecular formula is C25H24BrClN2O4. The molecule has 0 saturated carbocycles. The normalized spacial score (nSPS) is 10.8. The first-order chi connectivity index (χ1) is 16.0. The maximum absolute atomic E-state index is 12.1. The first kappa shape index (κ1) is 24.6. The molecule has 1 amide bonds. The first-order valence-corrected chi connectivity index (χ1v) is 11.4. The van der Waals surface area contributed by atoms with Crippen molar-refractivity contribution in [2.75, 3.05) is 13.7 Å². The number of amides is 1. The lowest BCUT2D eigenvalue weighted by atomic mass is 10.1.